The first-order valence-corrected chi connectivity index (χ1v) is 11.4. The van der Waals surface area contributed by atoms with Crippen LogP contribution in [0.2, 0.25) is 0 Å². The lowest BCUT2D eigenvalue weighted by atomic mass is 10.1. The second-order valence-electron chi connectivity index (χ2n) is 7.27. The van der Waals surface area contributed by atoms with E-state index in [2.05, 4.69) is 27.6 Å². The van der Waals surface area contributed by atoms with E-state index in [1.54, 1.807) is 19.2 Å². The van der Waals surface area contributed by atoms with Crippen LogP contribution in [0.4, 0.5) is 10.1 Å². The molecule has 1 N–H and O–H groups in total. The Hall–Kier alpha value is -3.65. The highest BCUT2D eigenvalue weighted by Gasteiger charge is 2.16. The molecule has 0 saturated heterocycles. The van der Waals surface area contributed by atoms with Gasteiger partial charge in [0.25, 0.3) is 0 Å². The second kappa shape index (κ2) is 10.8. The highest BCUT2D eigenvalue weighted by Crippen LogP contribution is 2.26. The molecule has 0 bridgehead atoms. The SMILES string of the molecule is COc1ccc(-c2nnc(SCC(=O)Nc3cccc(F)c3)n2CCc2ccccc2)cc1. The third kappa shape index (κ3) is 5.98. The van der Waals surface area contributed by atoms with Gasteiger partial charge >= 0.3 is 0 Å². The molecule has 0 unspecified atom stereocenters. The largest absolute Gasteiger partial charge is 0.497 e. The van der Waals surface area contributed by atoms with E-state index < -0.39 is 5.82 Å². The number of halogens is 1. The van der Waals surface area contributed by atoms with Crippen LogP contribution in [0.5, 0.6) is 5.75 Å². The lowest BCUT2D eigenvalue weighted by Crippen LogP contribution is -2.15. The fourth-order valence-electron chi connectivity index (χ4n) is 3.33. The van der Waals surface area contributed by atoms with E-state index in [9.17, 15) is 9.18 Å². The zero-order valence-electron chi connectivity index (χ0n) is 18.1. The highest BCUT2D eigenvalue weighted by atomic mass is 32.2. The van der Waals surface area contributed by atoms with Crippen LogP contribution < -0.4 is 10.1 Å². The Kier molecular flexibility index (Phi) is 7.36. The van der Waals surface area contributed by atoms with Crippen LogP contribution in [0, 0.1) is 5.82 Å². The number of rotatable bonds is 9. The fraction of sp³-hybridized carbons (Fsp3) is 0.160. The van der Waals surface area contributed by atoms with E-state index in [1.165, 1.54) is 29.5 Å². The number of nitrogens with one attached hydrogen (secondary N) is 1. The summed E-state index contributed by atoms with van der Waals surface area (Å²) in [5.74, 6) is 0.974. The van der Waals surface area contributed by atoms with Crippen LogP contribution in [0.15, 0.2) is 84.0 Å². The number of methoxy groups -OCH3 is 1. The van der Waals surface area contributed by atoms with Gasteiger partial charge in [-0.15, -0.1) is 10.2 Å². The summed E-state index contributed by atoms with van der Waals surface area (Å²) in [6, 6.07) is 23.6. The van der Waals surface area contributed by atoms with E-state index in [4.69, 9.17) is 4.74 Å². The van der Waals surface area contributed by atoms with Gasteiger partial charge in [0.05, 0.1) is 12.9 Å². The molecule has 0 aliphatic rings. The van der Waals surface area contributed by atoms with Gasteiger partial charge in [-0.1, -0.05) is 48.2 Å². The summed E-state index contributed by atoms with van der Waals surface area (Å²) >= 11 is 1.30. The van der Waals surface area contributed by atoms with Crippen LogP contribution in [-0.4, -0.2) is 33.5 Å². The molecular formula is C25H23FN4O2S. The summed E-state index contributed by atoms with van der Waals surface area (Å²) in [6.07, 6.45) is 0.797. The van der Waals surface area contributed by atoms with Crippen molar-refractivity contribution in [3.8, 4) is 17.1 Å². The standard InChI is InChI=1S/C25H23FN4O2S/c1-32-22-12-10-19(11-13-22)24-28-29-25(30(24)15-14-18-6-3-2-4-7-18)33-17-23(31)27-21-9-5-8-20(26)16-21/h2-13,16H,14-15,17H2,1H3,(H,27,31). The molecule has 0 atom stereocenters. The minimum atomic E-state index is -0.398. The predicted molar refractivity (Wildman–Crippen MR) is 128 cm³/mol. The van der Waals surface area contributed by atoms with Crippen molar-refractivity contribution in [3.05, 3.63) is 90.2 Å². The first kappa shape index (κ1) is 22.5. The Morgan fingerprint density at radius 3 is 2.55 bits per heavy atom. The van der Waals surface area contributed by atoms with E-state index in [0.29, 0.717) is 17.4 Å². The second-order valence-corrected chi connectivity index (χ2v) is 8.21. The molecule has 0 saturated carbocycles. The van der Waals surface area contributed by atoms with Crippen molar-refractivity contribution in [2.75, 3.05) is 18.2 Å². The number of aryl methyl sites for hydroxylation is 1. The maximum atomic E-state index is 13.4. The molecule has 0 fully saturated rings. The third-order valence-corrected chi connectivity index (χ3v) is 5.94. The average Bonchev–Trinajstić information content (AvgIpc) is 3.25. The van der Waals surface area contributed by atoms with Gasteiger partial charge in [0.2, 0.25) is 5.91 Å². The molecule has 3 aromatic carbocycles. The number of benzene rings is 3. The zero-order chi connectivity index (χ0) is 23.0. The van der Waals surface area contributed by atoms with Gasteiger partial charge in [0.1, 0.15) is 11.6 Å². The third-order valence-electron chi connectivity index (χ3n) is 4.97. The average molecular weight is 463 g/mol. The smallest absolute Gasteiger partial charge is 0.234 e. The van der Waals surface area contributed by atoms with Crippen molar-refractivity contribution in [2.24, 2.45) is 0 Å². The van der Waals surface area contributed by atoms with Gasteiger partial charge < -0.3 is 14.6 Å². The molecule has 0 radical (unpaired) electrons. The van der Waals surface area contributed by atoms with E-state index >= 15 is 0 Å². The minimum absolute atomic E-state index is 0.128. The lowest BCUT2D eigenvalue weighted by molar-refractivity contribution is -0.113. The lowest BCUT2D eigenvalue weighted by Gasteiger charge is -2.11. The van der Waals surface area contributed by atoms with Crippen molar-refractivity contribution >= 4 is 23.4 Å². The Morgan fingerprint density at radius 1 is 1.03 bits per heavy atom. The normalized spacial score (nSPS) is 10.7. The van der Waals surface area contributed by atoms with Crippen LogP contribution in [0.1, 0.15) is 5.56 Å². The summed E-state index contributed by atoms with van der Waals surface area (Å²) in [5, 5.41) is 12.1. The Bertz CT molecular complexity index is 1210. The van der Waals surface area contributed by atoms with Gasteiger partial charge in [-0.3, -0.25) is 4.79 Å². The maximum absolute atomic E-state index is 13.4. The summed E-state index contributed by atoms with van der Waals surface area (Å²) in [4.78, 5) is 12.4. The number of aromatic nitrogens is 3. The molecule has 0 aliphatic heterocycles. The Balaban J connectivity index is 1.51. The van der Waals surface area contributed by atoms with Crippen molar-refractivity contribution in [2.45, 2.75) is 18.1 Å². The number of hydrogen-bond acceptors (Lipinski definition) is 5. The minimum Gasteiger partial charge on any atom is -0.497 e. The number of carbonyl (C=O) groups excluding carboxylic acids is 1. The number of nitrogens with zero attached hydrogens (tertiary/aromatic N) is 3. The molecule has 0 aliphatic carbocycles. The molecule has 168 valence electrons. The van der Waals surface area contributed by atoms with Gasteiger partial charge in [0, 0.05) is 17.8 Å². The Morgan fingerprint density at radius 2 is 1.82 bits per heavy atom. The number of hydrogen-bond donors (Lipinski definition) is 1. The number of anilines is 1. The molecule has 8 heteroatoms. The molecule has 1 heterocycles. The quantitative estimate of drug-likeness (QED) is 0.352. The van der Waals surface area contributed by atoms with E-state index in [-0.39, 0.29) is 11.7 Å². The molecular weight excluding hydrogens is 439 g/mol. The van der Waals surface area contributed by atoms with Crippen LogP contribution in [-0.2, 0) is 17.8 Å². The topological polar surface area (TPSA) is 69.0 Å². The monoisotopic (exact) mass is 462 g/mol. The van der Waals surface area contributed by atoms with Crippen molar-refractivity contribution in [1.82, 2.24) is 14.8 Å². The zero-order valence-corrected chi connectivity index (χ0v) is 18.9. The first-order chi connectivity index (χ1) is 16.1. The maximum Gasteiger partial charge on any atom is 0.234 e. The first-order valence-electron chi connectivity index (χ1n) is 10.4. The number of thioether (sulfide) groups is 1. The van der Waals surface area contributed by atoms with Crippen molar-refractivity contribution < 1.29 is 13.9 Å². The fourth-order valence-corrected chi connectivity index (χ4v) is 4.09. The summed E-state index contributed by atoms with van der Waals surface area (Å²) in [5.41, 5.74) is 2.53. The summed E-state index contributed by atoms with van der Waals surface area (Å²) in [7, 11) is 1.63. The number of carbonyl (C=O) groups is 1. The summed E-state index contributed by atoms with van der Waals surface area (Å²) < 4.78 is 20.6. The van der Waals surface area contributed by atoms with Gasteiger partial charge in [-0.2, -0.15) is 0 Å². The van der Waals surface area contributed by atoms with Crippen molar-refractivity contribution in [3.63, 3.8) is 0 Å². The predicted octanol–water partition coefficient (Wildman–Crippen LogP) is 5.07. The molecule has 0 spiro atoms. The Labute approximate surface area is 195 Å². The van der Waals surface area contributed by atoms with Crippen molar-refractivity contribution in [1.29, 1.82) is 0 Å². The van der Waals surface area contributed by atoms with Gasteiger partial charge in [0.15, 0.2) is 11.0 Å². The van der Waals surface area contributed by atoms with Gasteiger partial charge in [-0.05, 0) is 54.4 Å². The molecule has 6 nitrogen and oxygen atoms in total. The van der Waals surface area contributed by atoms with Gasteiger partial charge in [-0.25, -0.2) is 4.39 Å². The molecule has 4 aromatic rings. The number of ether oxygens (including phenoxy) is 1. The van der Waals surface area contributed by atoms with E-state index in [1.807, 2.05) is 47.0 Å². The van der Waals surface area contributed by atoms with Crippen LogP contribution >= 0.6 is 11.8 Å². The molecule has 1 aromatic heterocycles. The molecule has 4 rings (SSSR count). The molecule has 33 heavy (non-hydrogen) atoms. The van der Waals surface area contributed by atoms with E-state index in [0.717, 1.165) is 23.6 Å². The number of amides is 1. The highest BCUT2D eigenvalue weighted by molar-refractivity contribution is 7.99. The van der Waals surface area contributed by atoms with Crippen LogP contribution in [0.3, 0.4) is 0 Å². The summed E-state index contributed by atoms with van der Waals surface area (Å²) in [6.45, 7) is 0.659. The van der Waals surface area contributed by atoms with Crippen LogP contribution in [0.25, 0.3) is 11.4 Å². The molecule has 1 amide bonds.